The highest BCUT2D eigenvalue weighted by atomic mass is 16.4. The van der Waals surface area contributed by atoms with Crippen LogP contribution in [0.15, 0.2) is 0 Å². The van der Waals surface area contributed by atoms with Crippen molar-refractivity contribution >= 4 is 12.0 Å². The third kappa shape index (κ3) is 3.39. The van der Waals surface area contributed by atoms with E-state index in [9.17, 15) is 9.59 Å². The van der Waals surface area contributed by atoms with Gasteiger partial charge in [-0.05, 0) is 18.8 Å². The standard InChI is InChI=1S/C9H16N2O4/c1-5-2-6(3-5)10-9(15)11-7(4-12)8(13)14/h5-7,12H,2-4H2,1H3,(H,13,14)(H2,10,11,15)/t5?,6?,7-/m1/s1. The summed E-state index contributed by atoms with van der Waals surface area (Å²) in [5.74, 6) is -0.627. The highest BCUT2D eigenvalue weighted by Gasteiger charge is 2.27. The molecule has 1 aliphatic rings. The Bertz CT molecular complexity index is 250. The van der Waals surface area contributed by atoms with E-state index in [-0.39, 0.29) is 6.04 Å². The molecule has 0 heterocycles. The minimum absolute atomic E-state index is 0.133. The van der Waals surface area contributed by atoms with Crippen molar-refractivity contribution in [2.45, 2.75) is 31.8 Å². The van der Waals surface area contributed by atoms with E-state index in [4.69, 9.17) is 10.2 Å². The predicted octanol–water partition coefficient (Wildman–Crippen LogP) is -0.470. The van der Waals surface area contributed by atoms with Crippen molar-refractivity contribution in [3.63, 3.8) is 0 Å². The van der Waals surface area contributed by atoms with E-state index in [0.717, 1.165) is 12.8 Å². The van der Waals surface area contributed by atoms with E-state index in [1.165, 1.54) is 0 Å². The summed E-state index contributed by atoms with van der Waals surface area (Å²) in [5.41, 5.74) is 0. The summed E-state index contributed by atoms with van der Waals surface area (Å²) >= 11 is 0. The van der Waals surface area contributed by atoms with Gasteiger partial charge in [0.2, 0.25) is 0 Å². The van der Waals surface area contributed by atoms with E-state index in [1.54, 1.807) is 0 Å². The van der Waals surface area contributed by atoms with Gasteiger partial charge in [-0.3, -0.25) is 0 Å². The molecule has 0 aromatic rings. The van der Waals surface area contributed by atoms with Crippen LogP contribution in [0.3, 0.4) is 0 Å². The average molecular weight is 216 g/mol. The first-order valence-electron chi connectivity index (χ1n) is 4.93. The molecule has 1 fully saturated rings. The van der Waals surface area contributed by atoms with Crippen LogP contribution in [-0.4, -0.2) is 40.9 Å². The van der Waals surface area contributed by atoms with Gasteiger partial charge in [-0.25, -0.2) is 9.59 Å². The van der Waals surface area contributed by atoms with Crippen LogP contribution in [0.4, 0.5) is 4.79 Å². The summed E-state index contributed by atoms with van der Waals surface area (Å²) in [4.78, 5) is 21.7. The second-order valence-electron chi connectivity index (χ2n) is 3.96. The fraction of sp³-hybridized carbons (Fsp3) is 0.778. The molecule has 6 nitrogen and oxygen atoms in total. The molecule has 0 aliphatic heterocycles. The first-order valence-corrected chi connectivity index (χ1v) is 4.93. The van der Waals surface area contributed by atoms with Gasteiger partial charge in [0.25, 0.3) is 0 Å². The summed E-state index contributed by atoms with van der Waals surface area (Å²) in [6.07, 6.45) is 1.84. The molecule has 0 radical (unpaired) electrons. The Labute approximate surface area is 87.7 Å². The molecule has 4 N–H and O–H groups in total. The lowest BCUT2D eigenvalue weighted by atomic mass is 9.82. The number of aliphatic hydroxyl groups is 1. The third-order valence-corrected chi connectivity index (χ3v) is 2.49. The first-order chi connectivity index (χ1) is 7.02. The first kappa shape index (κ1) is 11.8. The predicted molar refractivity (Wildman–Crippen MR) is 52.4 cm³/mol. The Kier molecular flexibility index (Phi) is 3.90. The van der Waals surface area contributed by atoms with Crippen LogP contribution in [0.5, 0.6) is 0 Å². The fourth-order valence-electron chi connectivity index (χ4n) is 1.59. The van der Waals surface area contributed by atoms with Crippen molar-refractivity contribution in [2.75, 3.05) is 6.61 Å². The Balaban J connectivity index is 2.25. The zero-order valence-electron chi connectivity index (χ0n) is 8.56. The molecule has 1 saturated carbocycles. The smallest absolute Gasteiger partial charge is 0.328 e. The van der Waals surface area contributed by atoms with Gasteiger partial charge in [0.15, 0.2) is 6.04 Å². The van der Waals surface area contributed by atoms with E-state index >= 15 is 0 Å². The lowest BCUT2D eigenvalue weighted by Gasteiger charge is -2.33. The lowest BCUT2D eigenvalue weighted by molar-refractivity contribution is -0.140. The van der Waals surface area contributed by atoms with E-state index < -0.39 is 24.6 Å². The number of hydrogen-bond acceptors (Lipinski definition) is 3. The molecule has 1 rings (SSSR count). The van der Waals surface area contributed by atoms with E-state index in [0.29, 0.717) is 5.92 Å². The Hall–Kier alpha value is -1.30. The summed E-state index contributed by atoms with van der Waals surface area (Å²) in [6, 6.07) is -1.64. The summed E-state index contributed by atoms with van der Waals surface area (Å²) in [5, 5.41) is 22.1. The molecular formula is C9H16N2O4. The maximum Gasteiger partial charge on any atom is 0.328 e. The normalized spacial score (nSPS) is 26.3. The minimum atomic E-state index is -1.24. The van der Waals surface area contributed by atoms with Crippen LogP contribution in [-0.2, 0) is 4.79 Å². The number of carboxylic acids is 1. The van der Waals surface area contributed by atoms with Gasteiger partial charge in [0.05, 0.1) is 6.61 Å². The molecule has 86 valence electrons. The number of urea groups is 1. The van der Waals surface area contributed by atoms with Crippen LogP contribution < -0.4 is 10.6 Å². The lowest BCUT2D eigenvalue weighted by Crippen LogP contribution is -2.53. The molecule has 0 unspecified atom stereocenters. The Morgan fingerprint density at radius 1 is 1.47 bits per heavy atom. The molecule has 1 aliphatic carbocycles. The van der Waals surface area contributed by atoms with Crippen molar-refractivity contribution in [3.05, 3.63) is 0 Å². The van der Waals surface area contributed by atoms with Gasteiger partial charge >= 0.3 is 12.0 Å². The van der Waals surface area contributed by atoms with Gasteiger partial charge in [0.1, 0.15) is 0 Å². The van der Waals surface area contributed by atoms with Crippen LogP contribution in [0, 0.1) is 5.92 Å². The molecule has 2 amide bonds. The number of rotatable bonds is 4. The van der Waals surface area contributed by atoms with Crippen LogP contribution in [0.2, 0.25) is 0 Å². The second kappa shape index (κ2) is 4.97. The summed E-state index contributed by atoms with van der Waals surface area (Å²) < 4.78 is 0. The quantitative estimate of drug-likeness (QED) is 0.510. The SMILES string of the molecule is CC1CC(NC(=O)N[C@H](CO)C(=O)O)C1. The van der Waals surface area contributed by atoms with Gasteiger partial charge in [-0.15, -0.1) is 0 Å². The maximum atomic E-state index is 11.2. The number of aliphatic hydroxyl groups excluding tert-OH is 1. The largest absolute Gasteiger partial charge is 0.480 e. The van der Waals surface area contributed by atoms with Crippen molar-refractivity contribution in [2.24, 2.45) is 5.92 Å². The maximum absolute atomic E-state index is 11.2. The van der Waals surface area contributed by atoms with Gasteiger partial charge < -0.3 is 20.8 Å². The monoisotopic (exact) mass is 216 g/mol. The van der Waals surface area contributed by atoms with Crippen molar-refractivity contribution < 1.29 is 19.8 Å². The van der Waals surface area contributed by atoms with E-state index in [1.807, 2.05) is 0 Å². The fourth-order valence-corrected chi connectivity index (χ4v) is 1.59. The number of nitrogens with one attached hydrogen (secondary N) is 2. The number of hydrogen-bond donors (Lipinski definition) is 4. The molecule has 6 heteroatoms. The number of carboxylic acid groups (broad SMARTS) is 1. The van der Waals surface area contributed by atoms with Gasteiger partial charge in [-0.2, -0.15) is 0 Å². The summed E-state index contributed by atoms with van der Waals surface area (Å²) in [6.45, 7) is 1.48. The van der Waals surface area contributed by atoms with Gasteiger partial charge in [-0.1, -0.05) is 6.92 Å². The third-order valence-electron chi connectivity index (χ3n) is 2.49. The van der Waals surface area contributed by atoms with Gasteiger partial charge in [0, 0.05) is 6.04 Å². The zero-order chi connectivity index (χ0) is 11.4. The highest BCUT2D eigenvalue weighted by molar-refractivity contribution is 5.82. The number of amides is 2. The number of carbonyl (C=O) groups is 2. The molecule has 0 aromatic heterocycles. The summed E-state index contributed by atoms with van der Waals surface area (Å²) in [7, 11) is 0. The van der Waals surface area contributed by atoms with Crippen molar-refractivity contribution in [1.82, 2.24) is 10.6 Å². The molecular weight excluding hydrogens is 200 g/mol. The molecule has 0 saturated heterocycles. The number of aliphatic carboxylic acids is 1. The highest BCUT2D eigenvalue weighted by Crippen LogP contribution is 2.25. The molecule has 0 spiro atoms. The molecule has 1 atom stereocenters. The average Bonchev–Trinajstić information content (AvgIpc) is 2.11. The Morgan fingerprint density at radius 3 is 2.47 bits per heavy atom. The van der Waals surface area contributed by atoms with Crippen molar-refractivity contribution in [3.8, 4) is 0 Å². The van der Waals surface area contributed by atoms with Crippen LogP contribution >= 0.6 is 0 Å². The second-order valence-corrected chi connectivity index (χ2v) is 3.96. The molecule has 0 aromatic carbocycles. The minimum Gasteiger partial charge on any atom is -0.480 e. The van der Waals surface area contributed by atoms with Crippen LogP contribution in [0.25, 0.3) is 0 Å². The number of carbonyl (C=O) groups excluding carboxylic acids is 1. The molecule has 0 bridgehead atoms. The molecule has 15 heavy (non-hydrogen) atoms. The van der Waals surface area contributed by atoms with E-state index in [2.05, 4.69) is 17.6 Å². The van der Waals surface area contributed by atoms with Crippen LogP contribution in [0.1, 0.15) is 19.8 Å². The zero-order valence-corrected chi connectivity index (χ0v) is 8.56. The van der Waals surface area contributed by atoms with Crippen molar-refractivity contribution in [1.29, 1.82) is 0 Å². The topological polar surface area (TPSA) is 98.7 Å². The Morgan fingerprint density at radius 2 is 2.07 bits per heavy atom.